The fourth-order valence-corrected chi connectivity index (χ4v) is 3.14. The Morgan fingerprint density at radius 1 is 1.20 bits per heavy atom. The van der Waals surface area contributed by atoms with Gasteiger partial charge in [-0.3, -0.25) is 0 Å². The van der Waals surface area contributed by atoms with Gasteiger partial charge in [-0.15, -0.1) is 0 Å². The molecule has 3 heterocycles. The van der Waals surface area contributed by atoms with Gasteiger partial charge in [-0.25, -0.2) is 4.98 Å². The summed E-state index contributed by atoms with van der Waals surface area (Å²) in [6.07, 6.45) is 3.25. The zero-order valence-corrected chi connectivity index (χ0v) is 14.2. The minimum Gasteiger partial charge on any atom is -0.391 e. The minimum atomic E-state index is -0.286. The average molecular weight is 357 g/mol. The summed E-state index contributed by atoms with van der Waals surface area (Å²) in [5.41, 5.74) is 1.55. The lowest BCUT2D eigenvalue weighted by Crippen LogP contribution is -2.38. The number of hydrogen-bond donors (Lipinski definition) is 1. The molecule has 1 saturated heterocycles. The topological polar surface area (TPSA) is 75.3 Å². The number of rotatable bonds is 3. The lowest BCUT2D eigenvalue weighted by Gasteiger charge is -2.30. The van der Waals surface area contributed by atoms with Crippen LogP contribution in [0.15, 0.2) is 47.1 Å². The predicted octanol–water partition coefficient (Wildman–Crippen LogP) is 3.41. The first-order valence-electron chi connectivity index (χ1n) is 8.18. The molecule has 2 aromatic heterocycles. The zero-order chi connectivity index (χ0) is 17.2. The second-order valence-corrected chi connectivity index (χ2v) is 6.52. The van der Waals surface area contributed by atoms with Crippen molar-refractivity contribution in [2.24, 2.45) is 0 Å². The predicted molar refractivity (Wildman–Crippen MR) is 95.4 cm³/mol. The molecule has 1 fully saturated rings. The molecule has 1 aliphatic rings. The SMILES string of the molecule is O[C@H]1CCCN(c2ccc(-c3nc(-c4cccc(Cl)c4)no3)cn2)C1. The molecule has 25 heavy (non-hydrogen) atoms. The molecule has 1 aromatic carbocycles. The summed E-state index contributed by atoms with van der Waals surface area (Å²) in [4.78, 5) is 11.0. The number of aromatic nitrogens is 3. The van der Waals surface area contributed by atoms with Crippen LogP contribution in [-0.4, -0.2) is 39.4 Å². The Bertz CT molecular complexity index is 866. The maximum Gasteiger partial charge on any atom is 0.259 e. The molecule has 0 bridgehead atoms. The Labute approximate surface area is 150 Å². The Morgan fingerprint density at radius 2 is 2.12 bits per heavy atom. The number of aliphatic hydroxyl groups excluding tert-OH is 1. The van der Waals surface area contributed by atoms with E-state index in [0.29, 0.717) is 23.3 Å². The van der Waals surface area contributed by atoms with Crippen LogP contribution in [0.3, 0.4) is 0 Å². The third-order valence-corrected chi connectivity index (χ3v) is 4.46. The van der Waals surface area contributed by atoms with E-state index < -0.39 is 0 Å². The molecule has 3 aromatic rings. The molecule has 0 unspecified atom stereocenters. The van der Waals surface area contributed by atoms with Crippen molar-refractivity contribution in [2.75, 3.05) is 18.0 Å². The van der Waals surface area contributed by atoms with Crippen LogP contribution in [0.1, 0.15) is 12.8 Å². The van der Waals surface area contributed by atoms with Crippen molar-refractivity contribution in [3.8, 4) is 22.8 Å². The van der Waals surface area contributed by atoms with E-state index in [-0.39, 0.29) is 6.10 Å². The van der Waals surface area contributed by atoms with Gasteiger partial charge >= 0.3 is 0 Å². The second kappa shape index (κ2) is 6.82. The summed E-state index contributed by atoms with van der Waals surface area (Å²) in [6, 6.07) is 11.1. The lowest BCUT2D eigenvalue weighted by molar-refractivity contribution is 0.154. The molecular formula is C18H17ClN4O2. The van der Waals surface area contributed by atoms with Crippen molar-refractivity contribution >= 4 is 17.4 Å². The van der Waals surface area contributed by atoms with Crippen molar-refractivity contribution in [1.82, 2.24) is 15.1 Å². The van der Waals surface area contributed by atoms with E-state index in [1.54, 1.807) is 18.3 Å². The highest BCUT2D eigenvalue weighted by Gasteiger charge is 2.19. The van der Waals surface area contributed by atoms with Crippen LogP contribution >= 0.6 is 11.6 Å². The molecule has 7 heteroatoms. The molecule has 4 rings (SSSR count). The van der Waals surface area contributed by atoms with Crippen LogP contribution in [0.25, 0.3) is 22.8 Å². The number of halogens is 1. The van der Waals surface area contributed by atoms with Gasteiger partial charge in [0.05, 0.1) is 11.7 Å². The first-order valence-corrected chi connectivity index (χ1v) is 8.56. The first-order chi connectivity index (χ1) is 12.2. The van der Waals surface area contributed by atoms with Gasteiger partial charge in [0.25, 0.3) is 5.89 Å². The number of piperidine rings is 1. The molecule has 0 aliphatic carbocycles. The number of β-amino-alcohol motifs (C(OH)–C–C–N with tert-alkyl or cyclic N) is 1. The maximum atomic E-state index is 9.79. The average Bonchev–Trinajstić information content (AvgIpc) is 3.12. The Kier molecular flexibility index (Phi) is 4.38. The quantitative estimate of drug-likeness (QED) is 0.775. The molecule has 0 saturated carbocycles. The monoisotopic (exact) mass is 356 g/mol. The molecule has 1 atom stereocenters. The van der Waals surface area contributed by atoms with Gasteiger partial charge < -0.3 is 14.5 Å². The highest BCUT2D eigenvalue weighted by atomic mass is 35.5. The molecule has 0 radical (unpaired) electrons. The summed E-state index contributed by atoms with van der Waals surface area (Å²) in [6.45, 7) is 1.52. The molecule has 0 spiro atoms. The molecule has 6 nitrogen and oxygen atoms in total. The first kappa shape index (κ1) is 16.1. The van der Waals surface area contributed by atoms with E-state index in [4.69, 9.17) is 16.1 Å². The summed E-state index contributed by atoms with van der Waals surface area (Å²) in [5, 5.41) is 14.4. The largest absolute Gasteiger partial charge is 0.391 e. The van der Waals surface area contributed by atoms with Gasteiger partial charge in [-0.05, 0) is 37.1 Å². The van der Waals surface area contributed by atoms with Crippen molar-refractivity contribution in [3.05, 3.63) is 47.6 Å². The third kappa shape index (κ3) is 3.50. The van der Waals surface area contributed by atoms with Crippen LogP contribution in [0, 0.1) is 0 Å². The number of nitrogens with zero attached hydrogens (tertiary/aromatic N) is 4. The van der Waals surface area contributed by atoms with E-state index in [9.17, 15) is 5.11 Å². The molecular weight excluding hydrogens is 340 g/mol. The number of anilines is 1. The maximum absolute atomic E-state index is 9.79. The van der Waals surface area contributed by atoms with Gasteiger partial charge in [0.1, 0.15) is 5.82 Å². The second-order valence-electron chi connectivity index (χ2n) is 6.08. The third-order valence-electron chi connectivity index (χ3n) is 4.22. The fourth-order valence-electron chi connectivity index (χ4n) is 2.95. The van der Waals surface area contributed by atoms with E-state index in [2.05, 4.69) is 20.0 Å². The smallest absolute Gasteiger partial charge is 0.259 e. The van der Waals surface area contributed by atoms with E-state index in [1.165, 1.54) is 0 Å². The van der Waals surface area contributed by atoms with E-state index in [1.807, 2.05) is 24.3 Å². The van der Waals surface area contributed by atoms with Gasteiger partial charge in [-0.2, -0.15) is 4.98 Å². The van der Waals surface area contributed by atoms with Crippen LogP contribution in [0.5, 0.6) is 0 Å². The number of aliphatic hydroxyl groups is 1. The normalized spacial score (nSPS) is 17.7. The van der Waals surface area contributed by atoms with Crippen LogP contribution in [-0.2, 0) is 0 Å². The van der Waals surface area contributed by atoms with Gasteiger partial charge in [0.15, 0.2) is 0 Å². The van der Waals surface area contributed by atoms with E-state index >= 15 is 0 Å². The number of pyridine rings is 1. The summed E-state index contributed by atoms with van der Waals surface area (Å²) < 4.78 is 5.35. The van der Waals surface area contributed by atoms with Crippen molar-refractivity contribution < 1.29 is 9.63 Å². The van der Waals surface area contributed by atoms with Crippen molar-refractivity contribution in [1.29, 1.82) is 0 Å². The minimum absolute atomic E-state index is 0.286. The zero-order valence-electron chi connectivity index (χ0n) is 13.5. The lowest BCUT2D eigenvalue weighted by atomic mass is 10.1. The Morgan fingerprint density at radius 3 is 2.88 bits per heavy atom. The van der Waals surface area contributed by atoms with E-state index in [0.717, 1.165) is 36.3 Å². The van der Waals surface area contributed by atoms with Gasteiger partial charge in [0.2, 0.25) is 5.82 Å². The Balaban J connectivity index is 1.54. The Hall–Kier alpha value is -2.44. The highest BCUT2D eigenvalue weighted by Crippen LogP contribution is 2.25. The fraction of sp³-hybridized carbons (Fsp3) is 0.278. The summed E-state index contributed by atoms with van der Waals surface area (Å²) >= 11 is 6.00. The van der Waals surface area contributed by atoms with Crippen molar-refractivity contribution in [3.63, 3.8) is 0 Å². The summed E-state index contributed by atoms with van der Waals surface area (Å²) in [7, 11) is 0. The molecule has 0 amide bonds. The number of benzene rings is 1. The number of hydrogen-bond acceptors (Lipinski definition) is 6. The van der Waals surface area contributed by atoms with Gasteiger partial charge in [-0.1, -0.05) is 28.9 Å². The highest BCUT2D eigenvalue weighted by molar-refractivity contribution is 6.30. The van der Waals surface area contributed by atoms with Crippen LogP contribution in [0.4, 0.5) is 5.82 Å². The molecule has 1 N–H and O–H groups in total. The standard InChI is InChI=1S/C18H17ClN4O2/c19-14-4-1-3-12(9-14)17-21-18(25-22-17)13-6-7-16(20-10-13)23-8-2-5-15(24)11-23/h1,3-4,6-7,9-10,15,24H,2,5,8,11H2/t15-/m0/s1. The van der Waals surface area contributed by atoms with Gasteiger partial charge in [0, 0.05) is 29.9 Å². The van der Waals surface area contributed by atoms with Crippen molar-refractivity contribution in [2.45, 2.75) is 18.9 Å². The molecule has 1 aliphatic heterocycles. The van der Waals surface area contributed by atoms with Crippen LogP contribution in [0.2, 0.25) is 5.02 Å². The summed E-state index contributed by atoms with van der Waals surface area (Å²) in [5.74, 6) is 1.74. The van der Waals surface area contributed by atoms with Crippen LogP contribution < -0.4 is 4.90 Å². The molecule has 128 valence electrons.